The summed E-state index contributed by atoms with van der Waals surface area (Å²) < 4.78 is 21.7. The zero-order valence-electron chi connectivity index (χ0n) is 18.0. The predicted molar refractivity (Wildman–Crippen MR) is 120 cm³/mol. The van der Waals surface area contributed by atoms with E-state index in [4.69, 9.17) is 18.9 Å². The smallest absolute Gasteiger partial charge is 0.343 e. The van der Waals surface area contributed by atoms with Crippen LogP contribution in [0.25, 0.3) is 0 Å². The molecule has 6 nitrogen and oxygen atoms in total. The third-order valence-electron chi connectivity index (χ3n) is 4.47. The van der Waals surface area contributed by atoms with Gasteiger partial charge in [0.15, 0.2) is 0 Å². The molecule has 32 heavy (non-hydrogen) atoms. The Kier molecular flexibility index (Phi) is 8.69. The van der Waals surface area contributed by atoms with Gasteiger partial charge in [-0.05, 0) is 61.0 Å². The molecule has 0 heterocycles. The van der Waals surface area contributed by atoms with Crippen molar-refractivity contribution in [3.05, 3.63) is 90.0 Å². The first-order valence-corrected chi connectivity index (χ1v) is 10.6. The van der Waals surface area contributed by atoms with Crippen LogP contribution in [0.15, 0.2) is 78.9 Å². The lowest BCUT2D eigenvalue weighted by Crippen LogP contribution is -2.12. The number of hydrogen-bond acceptors (Lipinski definition) is 6. The normalized spacial score (nSPS) is 10.3. The minimum absolute atomic E-state index is 0.126. The molecule has 0 bridgehead atoms. The minimum Gasteiger partial charge on any atom is -0.494 e. The van der Waals surface area contributed by atoms with Gasteiger partial charge in [0.05, 0.1) is 17.7 Å². The topological polar surface area (TPSA) is 71.1 Å². The van der Waals surface area contributed by atoms with Crippen molar-refractivity contribution >= 4 is 11.9 Å². The molecule has 0 unspecified atom stereocenters. The number of esters is 2. The number of rotatable bonds is 11. The van der Waals surface area contributed by atoms with Gasteiger partial charge < -0.3 is 18.9 Å². The molecule has 3 aromatic carbocycles. The number of unbranched alkanes of at least 4 members (excludes halogenated alkanes) is 1. The van der Waals surface area contributed by atoms with Gasteiger partial charge in [0.25, 0.3) is 0 Å². The van der Waals surface area contributed by atoms with E-state index < -0.39 is 11.9 Å². The SMILES string of the molecule is CCCCOc1cccc(C(=O)Oc2ccc(C(=O)OCCOc3ccccc3)cc2)c1. The third kappa shape index (κ3) is 7.16. The molecule has 3 aromatic rings. The van der Waals surface area contributed by atoms with Crippen LogP contribution < -0.4 is 14.2 Å². The maximum Gasteiger partial charge on any atom is 0.343 e. The average molecular weight is 434 g/mol. The number of carbonyl (C=O) groups excluding carboxylic acids is 2. The summed E-state index contributed by atoms with van der Waals surface area (Å²) in [5, 5.41) is 0. The quantitative estimate of drug-likeness (QED) is 0.231. The van der Waals surface area contributed by atoms with Crippen molar-refractivity contribution in [3.8, 4) is 17.2 Å². The molecule has 0 aromatic heterocycles. The molecule has 0 aliphatic rings. The maximum absolute atomic E-state index is 12.4. The van der Waals surface area contributed by atoms with Gasteiger partial charge in [-0.2, -0.15) is 0 Å². The van der Waals surface area contributed by atoms with E-state index in [0.29, 0.717) is 35.0 Å². The molecule has 0 fully saturated rings. The van der Waals surface area contributed by atoms with Crippen molar-refractivity contribution in [1.82, 2.24) is 0 Å². The summed E-state index contributed by atoms with van der Waals surface area (Å²) in [6.07, 6.45) is 1.98. The second-order valence-electron chi connectivity index (χ2n) is 6.94. The van der Waals surface area contributed by atoms with Gasteiger partial charge in [-0.3, -0.25) is 0 Å². The maximum atomic E-state index is 12.4. The highest BCUT2D eigenvalue weighted by atomic mass is 16.6. The monoisotopic (exact) mass is 434 g/mol. The molecule has 166 valence electrons. The summed E-state index contributed by atoms with van der Waals surface area (Å²) in [6, 6.07) is 22.4. The first kappa shape index (κ1) is 22.9. The van der Waals surface area contributed by atoms with Crippen LogP contribution in [0.5, 0.6) is 17.2 Å². The highest BCUT2D eigenvalue weighted by Crippen LogP contribution is 2.18. The summed E-state index contributed by atoms with van der Waals surface area (Å²) in [5.74, 6) is 0.696. The predicted octanol–water partition coefficient (Wildman–Crippen LogP) is 5.32. The van der Waals surface area contributed by atoms with Crippen LogP contribution in [0.1, 0.15) is 40.5 Å². The van der Waals surface area contributed by atoms with Gasteiger partial charge >= 0.3 is 11.9 Å². The van der Waals surface area contributed by atoms with Gasteiger partial charge in [-0.25, -0.2) is 9.59 Å². The van der Waals surface area contributed by atoms with Crippen LogP contribution >= 0.6 is 0 Å². The standard InChI is InChI=1S/C26H26O6/c1-2-3-16-29-24-11-7-8-21(19-24)26(28)32-23-14-12-20(13-15-23)25(27)31-18-17-30-22-9-5-4-6-10-22/h4-15,19H,2-3,16-18H2,1H3. The number of para-hydroxylation sites is 1. The highest BCUT2D eigenvalue weighted by Gasteiger charge is 2.12. The fraction of sp³-hybridized carbons (Fsp3) is 0.231. The fourth-order valence-electron chi connectivity index (χ4n) is 2.77. The molecule has 0 N–H and O–H groups in total. The Morgan fingerprint density at radius 3 is 2.12 bits per heavy atom. The van der Waals surface area contributed by atoms with Crippen LogP contribution in [0.3, 0.4) is 0 Å². The lowest BCUT2D eigenvalue weighted by atomic mass is 10.2. The third-order valence-corrected chi connectivity index (χ3v) is 4.47. The Labute approximate surface area is 187 Å². The van der Waals surface area contributed by atoms with E-state index in [1.165, 1.54) is 0 Å². The second-order valence-corrected chi connectivity index (χ2v) is 6.94. The van der Waals surface area contributed by atoms with E-state index in [1.54, 1.807) is 48.5 Å². The molecule has 0 amide bonds. The molecule has 0 aliphatic carbocycles. The van der Waals surface area contributed by atoms with Gasteiger partial charge in [0.2, 0.25) is 0 Å². The fourth-order valence-corrected chi connectivity index (χ4v) is 2.77. The molecule has 0 aliphatic heterocycles. The van der Waals surface area contributed by atoms with Crippen molar-refractivity contribution < 1.29 is 28.5 Å². The van der Waals surface area contributed by atoms with E-state index >= 15 is 0 Å². The lowest BCUT2D eigenvalue weighted by Gasteiger charge is -2.09. The van der Waals surface area contributed by atoms with Crippen LogP contribution in [-0.4, -0.2) is 31.8 Å². The molecule has 0 spiro atoms. The molecular weight excluding hydrogens is 408 g/mol. The molecule has 3 rings (SSSR count). The average Bonchev–Trinajstić information content (AvgIpc) is 2.83. The Balaban J connectivity index is 1.47. The molecular formula is C26H26O6. The first-order valence-electron chi connectivity index (χ1n) is 10.6. The number of benzene rings is 3. The van der Waals surface area contributed by atoms with Crippen LogP contribution in [-0.2, 0) is 4.74 Å². The van der Waals surface area contributed by atoms with E-state index in [-0.39, 0.29) is 13.2 Å². The summed E-state index contributed by atoms with van der Waals surface area (Å²) in [7, 11) is 0. The van der Waals surface area contributed by atoms with Crippen LogP contribution in [0, 0.1) is 0 Å². The first-order chi connectivity index (χ1) is 15.7. The van der Waals surface area contributed by atoms with Gasteiger partial charge in [-0.1, -0.05) is 37.6 Å². The zero-order chi connectivity index (χ0) is 22.6. The number of carbonyl (C=O) groups is 2. The largest absolute Gasteiger partial charge is 0.494 e. The van der Waals surface area contributed by atoms with E-state index in [0.717, 1.165) is 12.8 Å². The van der Waals surface area contributed by atoms with Crippen molar-refractivity contribution in [3.63, 3.8) is 0 Å². The van der Waals surface area contributed by atoms with Crippen LogP contribution in [0.4, 0.5) is 0 Å². The summed E-state index contributed by atoms with van der Waals surface area (Å²) in [6.45, 7) is 3.07. The minimum atomic E-state index is -0.501. The van der Waals surface area contributed by atoms with Gasteiger partial charge in [0.1, 0.15) is 30.5 Å². The number of hydrogen-bond donors (Lipinski definition) is 0. The number of ether oxygens (including phenoxy) is 4. The van der Waals surface area contributed by atoms with Crippen molar-refractivity contribution in [1.29, 1.82) is 0 Å². The highest BCUT2D eigenvalue weighted by molar-refractivity contribution is 5.92. The van der Waals surface area contributed by atoms with E-state index in [9.17, 15) is 9.59 Å². The van der Waals surface area contributed by atoms with Gasteiger partial charge in [-0.15, -0.1) is 0 Å². The van der Waals surface area contributed by atoms with E-state index in [2.05, 4.69) is 6.92 Å². The second kappa shape index (κ2) is 12.2. The zero-order valence-corrected chi connectivity index (χ0v) is 18.0. The van der Waals surface area contributed by atoms with Crippen molar-refractivity contribution in [2.24, 2.45) is 0 Å². The van der Waals surface area contributed by atoms with Gasteiger partial charge in [0, 0.05) is 0 Å². The van der Waals surface area contributed by atoms with Crippen molar-refractivity contribution in [2.75, 3.05) is 19.8 Å². The Morgan fingerprint density at radius 1 is 0.656 bits per heavy atom. The molecule has 6 heteroatoms. The molecule has 0 radical (unpaired) electrons. The van der Waals surface area contributed by atoms with E-state index in [1.807, 2.05) is 30.3 Å². The Morgan fingerprint density at radius 2 is 1.38 bits per heavy atom. The Hall–Kier alpha value is -3.80. The molecule has 0 saturated carbocycles. The summed E-state index contributed by atoms with van der Waals surface area (Å²) in [4.78, 5) is 24.6. The lowest BCUT2D eigenvalue weighted by molar-refractivity contribution is 0.0450. The molecule has 0 saturated heterocycles. The van der Waals surface area contributed by atoms with Crippen molar-refractivity contribution in [2.45, 2.75) is 19.8 Å². The summed E-state index contributed by atoms with van der Waals surface area (Å²) >= 11 is 0. The van der Waals surface area contributed by atoms with Crippen LogP contribution in [0.2, 0.25) is 0 Å². The Bertz CT molecular complexity index is 998. The summed E-state index contributed by atoms with van der Waals surface area (Å²) in [5.41, 5.74) is 0.747. The molecule has 0 atom stereocenters.